The smallest absolute Gasteiger partial charge is 0.263 e. The Kier molecular flexibility index (Phi) is 7.12. The number of carbonyl (C=O) groups is 1. The van der Waals surface area contributed by atoms with Crippen LogP contribution in [0.3, 0.4) is 0 Å². The second-order valence-corrected chi connectivity index (χ2v) is 13.4. The lowest BCUT2D eigenvalue weighted by Crippen LogP contribution is -2.50. The Bertz CT molecular complexity index is 1450. The van der Waals surface area contributed by atoms with Gasteiger partial charge >= 0.3 is 0 Å². The second kappa shape index (κ2) is 10.2. The minimum absolute atomic E-state index is 0.0459. The molecule has 198 valence electrons. The fourth-order valence-electron chi connectivity index (χ4n) is 5.57. The van der Waals surface area contributed by atoms with Gasteiger partial charge in [0.05, 0.1) is 11.7 Å². The van der Waals surface area contributed by atoms with Crippen molar-refractivity contribution in [1.29, 1.82) is 0 Å². The van der Waals surface area contributed by atoms with E-state index in [1.54, 1.807) is 11.8 Å². The van der Waals surface area contributed by atoms with Crippen molar-refractivity contribution in [2.75, 3.05) is 44.2 Å². The van der Waals surface area contributed by atoms with E-state index in [-0.39, 0.29) is 34.6 Å². The topological polar surface area (TPSA) is 95.8 Å². The van der Waals surface area contributed by atoms with Crippen molar-refractivity contribution >= 4 is 43.2 Å². The predicted molar refractivity (Wildman–Crippen MR) is 146 cm³/mol. The Morgan fingerprint density at radius 1 is 1.05 bits per heavy atom. The highest BCUT2D eigenvalue weighted by atomic mass is 32.2. The summed E-state index contributed by atoms with van der Waals surface area (Å²) in [5, 5.41) is 0.0950. The molecule has 0 unspecified atom stereocenters. The van der Waals surface area contributed by atoms with Gasteiger partial charge in [-0.3, -0.25) is 14.2 Å². The van der Waals surface area contributed by atoms with E-state index in [0.29, 0.717) is 49.0 Å². The minimum atomic E-state index is -3.87. The van der Waals surface area contributed by atoms with E-state index in [0.717, 1.165) is 12.1 Å². The lowest BCUT2D eigenvalue weighted by atomic mass is 9.94. The molecule has 0 bridgehead atoms. The monoisotopic (exact) mass is 543 g/mol. The van der Waals surface area contributed by atoms with Crippen molar-refractivity contribution in [3.05, 3.63) is 51.9 Å². The van der Waals surface area contributed by atoms with Crippen LogP contribution in [0.1, 0.15) is 25.1 Å². The average Bonchev–Trinajstić information content (AvgIpc) is 3.23. The number of sulfonamides is 1. The number of rotatable bonds is 5. The van der Waals surface area contributed by atoms with Gasteiger partial charge in [0.25, 0.3) is 5.56 Å². The number of benzene rings is 1. The van der Waals surface area contributed by atoms with Crippen LogP contribution < -0.4 is 10.5 Å². The van der Waals surface area contributed by atoms with E-state index in [1.165, 1.54) is 26.5 Å². The highest BCUT2D eigenvalue weighted by Gasteiger charge is 2.36. The van der Waals surface area contributed by atoms with Gasteiger partial charge in [0, 0.05) is 49.8 Å². The van der Waals surface area contributed by atoms with Gasteiger partial charge < -0.3 is 9.80 Å². The molecule has 0 spiro atoms. The molecule has 0 radical (unpaired) electrons. The Morgan fingerprint density at radius 3 is 2.35 bits per heavy atom. The highest BCUT2D eigenvalue weighted by Crippen LogP contribution is 2.35. The number of piperidine rings is 1. The normalized spacial score (nSPS) is 21.5. The van der Waals surface area contributed by atoms with Crippen LogP contribution in [0, 0.1) is 18.8 Å². The summed E-state index contributed by atoms with van der Waals surface area (Å²) in [6, 6.07) is 10.1. The third-order valence-corrected chi connectivity index (χ3v) is 10.4. The van der Waals surface area contributed by atoms with E-state index in [1.807, 2.05) is 18.2 Å². The van der Waals surface area contributed by atoms with Crippen molar-refractivity contribution in [2.24, 2.45) is 11.8 Å². The molecule has 5 rings (SSSR count). The first-order valence-corrected chi connectivity index (χ1v) is 15.0. The van der Waals surface area contributed by atoms with Gasteiger partial charge in [0.2, 0.25) is 15.9 Å². The number of anilines is 1. The predicted octanol–water partition coefficient (Wildman–Crippen LogP) is 2.78. The van der Waals surface area contributed by atoms with E-state index in [2.05, 4.69) is 35.9 Å². The number of aromatic nitrogens is 2. The van der Waals surface area contributed by atoms with E-state index >= 15 is 0 Å². The molecule has 2 aromatic heterocycles. The van der Waals surface area contributed by atoms with E-state index in [9.17, 15) is 18.0 Å². The molecular formula is C26H33N5O4S2. The van der Waals surface area contributed by atoms with Gasteiger partial charge in [-0.2, -0.15) is 4.31 Å². The fourth-order valence-corrected chi connectivity index (χ4v) is 8.91. The third kappa shape index (κ3) is 5.04. The first kappa shape index (κ1) is 25.9. The van der Waals surface area contributed by atoms with Crippen LogP contribution in [-0.4, -0.2) is 72.3 Å². The lowest BCUT2D eigenvalue weighted by Gasteiger charge is -2.36. The molecule has 11 heteroatoms. The molecule has 2 saturated heterocycles. The quantitative estimate of drug-likeness (QED) is 0.491. The number of para-hydroxylation sites is 1. The maximum atomic E-state index is 13.7. The summed E-state index contributed by atoms with van der Waals surface area (Å²) in [6.45, 7) is 9.06. The molecule has 2 fully saturated rings. The second-order valence-electron chi connectivity index (χ2n) is 10.3. The van der Waals surface area contributed by atoms with Crippen molar-refractivity contribution in [3.63, 3.8) is 0 Å². The molecule has 2 aliphatic rings. The highest BCUT2D eigenvalue weighted by molar-refractivity contribution is 7.89. The maximum absolute atomic E-state index is 13.7. The van der Waals surface area contributed by atoms with Crippen LogP contribution in [0.4, 0.5) is 5.69 Å². The maximum Gasteiger partial charge on any atom is 0.263 e. The van der Waals surface area contributed by atoms with E-state index in [4.69, 9.17) is 0 Å². The van der Waals surface area contributed by atoms with Gasteiger partial charge in [0.15, 0.2) is 0 Å². The summed E-state index contributed by atoms with van der Waals surface area (Å²) in [5.41, 5.74) is 0.641. The summed E-state index contributed by atoms with van der Waals surface area (Å²) >= 11 is 1.21. The number of thiophene rings is 1. The average molecular weight is 544 g/mol. The van der Waals surface area contributed by atoms with Crippen molar-refractivity contribution in [3.8, 4) is 0 Å². The van der Waals surface area contributed by atoms with Crippen LogP contribution in [0.5, 0.6) is 0 Å². The van der Waals surface area contributed by atoms with Crippen molar-refractivity contribution in [2.45, 2.75) is 38.6 Å². The number of nitrogens with zero attached hydrogens (tertiary/aromatic N) is 5. The molecular weight excluding hydrogens is 510 g/mol. The van der Waals surface area contributed by atoms with Crippen LogP contribution in [0.15, 0.2) is 46.3 Å². The van der Waals surface area contributed by atoms with Gasteiger partial charge in [-0.25, -0.2) is 13.4 Å². The van der Waals surface area contributed by atoms with Gasteiger partial charge in [-0.05, 0) is 37.3 Å². The largest absolute Gasteiger partial charge is 0.368 e. The molecule has 0 N–H and O–H groups in total. The van der Waals surface area contributed by atoms with Crippen molar-refractivity contribution in [1.82, 2.24) is 18.8 Å². The molecule has 3 aromatic rings. The molecule has 9 nitrogen and oxygen atoms in total. The molecule has 0 saturated carbocycles. The third-order valence-electron chi connectivity index (χ3n) is 7.29. The van der Waals surface area contributed by atoms with E-state index < -0.39 is 15.6 Å². The number of hydrogen-bond acceptors (Lipinski definition) is 7. The summed E-state index contributed by atoms with van der Waals surface area (Å²) in [7, 11) is -3.87. The minimum Gasteiger partial charge on any atom is -0.368 e. The summed E-state index contributed by atoms with van der Waals surface area (Å²) in [6.07, 6.45) is 2.34. The molecule has 2 aliphatic heterocycles. The number of piperazine rings is 1. The fraction of sp³-hybridized carbons (Fsp3) is 0.500. The van der Waals surface area contributed by atoms with Crippen LogP contribution in [0.25, 0.3) is 10.2 Å². The Morgan fingerprint density at radius 2 is 1.70 bits per heavy atom. The standard InChI is InChI=1S/C26H33N5O4S2/c1-18-13-19(2)15-31(14-18)37(34,35)24-20(3)36-25-23(24)26(33)30(17-27-25)16-22(32)29-11-9-28(10-12-29)21-7-5-4-6-8-21/h4-8,17-19H,9-16H2,1-3H3/t18-,19+. The molecule has 1 aromatic carbocycles. The SMILES string of the molecule is Cc1sc2ncn(CC(=O)N3CCN(c4ccccc4)CC3)c(=O)c2c1S(=O)(=O)N1C[C@H](C)C[C@H](C)C1. The molecule has 1 amide bonds. The Balaban J connectivity index is 1.38. The summed E-state index contributed by atoms with van der Waals surface area (Å²) < 4.78 is 30.2. The number of carbonyl (C=O) groups excluding carboxylic acids is 1. The van der Waals surface area contributed by atoms with Crippen LogP contribution in [0.2, 0.25) is 0 Å². The molecule has 37 heavy (non-hydrogen) atoms. The number of fused-ring (bicyclic) bond motifs is 1. The molecule has 4 heterocycles. The zero-order chi connectivity index (χ0) is 26.3. The molecule has 0 aliphatic carbocycles. The Labute approximate surface area is 221 Å². The van der Waals surface area contributed by atoms with Crippen molar-refractivity contribution < 1.29 is 13.2 Å². The first-order valence-electron chi connectivity index (χ1n) is 12.7. The lowest BCUT2D eigenvalue weighted by molar-refractivity contribution is -0.132. The van der Waals surface area contributed by atoms with Gasteiger partial charge in [-0.15, -0.1) is 11.3 Å². The molecule has 2 atom stereocenters. The zero-order valence-corrected chi connectivity index (χ0v) is 23.1. The number of amides is 1. The van der Waals surface area contributed by atoms with Gasteiger partial charge in [-0.1, -0.05) is 32.0 Å². The first-order chi connectivity index (χ1) is 17.6. The van der Waals surface area contributed by atoms with Crippen LogP contribution in [-0.2, 0) is 21.4 Å². The van der Waals surface area contributed by atoms with Gasteiger partial charge in [0.1, 0.15) is 16.3 Å². The summed E-state index contributed by atoms with van der Waals surface area (Å²) in [5.74, 6) is 0.322. The number of hydrogen-bond donors (Lipinski definition) is 0. The Hall–Kier alpha value is -2.76. The van der Waals surface area contributed by atoms with Crippen LogP contribution >= 0.6 is 11.3 Å². The zero-order valence-electron chi connectivity index (χ0n) is 21.5. The summed E-state index contributed by atoms with van der Waals surface area (Å²) in [4.78, 5) is 36.0. The number of aryl methyl sites for hydroxylation is 1.